The van der Waals surface area contributed by atoms with Crippen molar-refractivity contribution in [2.75, 3.05) is 6.54 Å². The minimum absolute atomic E-state index is 0.183. The van der Waals surface area contributed by atoms with Gasteiger partial charge in [-0.15, -0.1) is 0 Å². The van der Waals surface area contributed by atoms with Gasteiger partial charge in [0, 0.05) is 18.9 Å². The highest BCUT2D eigenvalue weighted by atomic mass is 16.6. The number of rotatable bonds is 0. The predicted molar refractivity (Wildman–Crippen MR) is 79.6 cm³/mol. The summed E-state index contributed by atoms with van der Waals surface area (Å²) in [5, 5.41) is 0. The van der Waals surface area contributed by atoms with Crippen molar-refractivity contribution < 1.29 is 19.1 Å². The molecule has 0 radical (unpaired) electrons. The number of hydrogen-bond acceptors (Lipinski definition) is 4. The maximum absolute atomic E-state index is 12.0. The fourth-order valence-electron chi connectivity index (χ4n) is 1.74. The van der Waals surface area contributed by atoms with E-state index in [1.807, 2.05) is 48.5 Å². The van der Waals surface area contributed by atoms with Crippen molar-refractivity contribution in [2.24, 2.45) is 0 Å². The minimum atomic E-state index is -0.549. The summed E-state index contributed by atoms with van der Waals surface area (Å²) in [5.74, 6) is 0. The van der Waals surface area contributed by atoms with E-state index in [0.29, 0.717) is 6.54 Å². The molecule has 1 rings (SSSR count). The number of hydrogen-bond donors (Lipinski definition) is 0. The van der Waals surface area contributed by atoms with Crippen LogP contribution < -0.4 is 0 Å². The summed E-state index contributed by atoms with van der Waals surface area (Å²) in [6.07, 6.45) is 2.24. The van der Waals surface area contributed by atoms with Gasteiger partial charge in [-0.05, 0) is 48.5 Å². The fourth-order valence-corrected chi connectivity index (χ4v) is 1.74. The van der Waals surface area contributed by atoms with Crippen LogP contribution in [0.3, 0.4) is 0 Å². The first-order valence-electron chi connectivity index (χ1n) is 7.08. The SMILES string of the molecule is CC1CN(C(=O)OC(C)(C)C)C=CN1C(=O)OC(C)(C)C. The smallest absolute Gasteiger partial charge is 0.414 e. The summed E-state index contributed by atoms with van der Waals surface area (Å²) >= 11 is 0. The molecule has 1 heterocycles. The van der Waals surface area contributed by atoms with E-state index in [2.05, 4.69) is 0 Å². The minimum Gasteiger partial charge on any atom is -0.443 e. The molecule has 0 saturated heterocycles. The van der Waals surface area contributed by atoms with Crippen LogP contribution in [0.1, 0.15) is 48.5 Å². The maximum Gasteiger partial charge on any atom is 0.414 e. The molecular formula is C15H26N2O4. The van der Waals surface area contributed by atoms with E-state index in [-0.39, 0.29) is 6.04 Å². The molecule has 0 aromatic heterocycles. The van der Waals surface area contributed by atoms with Crippen LogP contribution in [-0.2, 0) is 9.47 Å². The highest BCUT2D eigenvalue weighted by molar-refractivity contribution is 5.72. The Morgan fingerprint density at radius 3 is 1.86 bits per heavy atom. The van der Waals surface area contributed by atoms with Crippen LogP contribution in [0.4, 0.5) is 9.59 Å². The van der Waals surface area contributed by atoms with Crippen LogP contribution in [0.5, 0.6) is 0 Å². The zero-order valence-corrected chi connectivity index (χ0v) is 14.0. The Hall–Kier alpha value is -1.72. The third-order valence-corrected chi connectivity index (χ3v) is 2.58. The number of carbonyl (C=O) groups excluding carboxylic acids is 2. The lowest BCUT2D eigenvalue weighted by Gasteiger charge is -2.35. The lowest BCUT2D eigenvalue weighted by atomic mass is 10.2. The van der Waals surface area contributed by atoms with Gasteiger partial charge in [0.2, 0.25) is 0 Å². The van der Waals surface area contributed by atoms with Crippen LogP contribution in [0.2, 0.25) is 0 Å². The standard InChI is InChI=1S/C15H26N2O4/c1-11-10-16(12(18)20-14(2,3)4)8-9-17(11)13(19)21-15(5,6)7/h8-9,11H,10H2,1-7H3. The molecule has 1 aliphatic heterocycles. The molecule has 0 aliphatic carbocycles. The van der Waals surface area contributed by atoms with Gasteiger partial charge in [-0.2, -0.15) is 0 Å². The van der Waals surface area contributed by atoms with Crippen LogP contribution >= 0.6 is 0 Å². The van der Waals surface area contributed by atoms with E-state index in [1.54, 1.807) is 6.20 Å². The zero-order chi connectivity index (χ0) is 16.4. The van der Waals surface area contributed by atoms with E-state index in [0.717, 1.165) is 0 Å². The second-order valence-electron chi connectivity index (χ2n) is 7.17. The first kappa shape index (κ1) is 17.3. The summed E-state index contributed by atoms with van der Waals surface area (Å²) < 4.78 is 10.6. The molecule has 6 heteroatoms. The third-order valence-electron chi connectivity index (χ3n) is 2.58. The summed E-state index contributed by atoms with van der Waals surface area (Å²) in [6.45, 7) is 13.1. The molecule has 0 spiro atoms. The highest BCUT2D eigenvalue weighted by Gasteiger charge is 2.31. The van der Waals surface area contributed by atoms with Crippen molar-refractivity contribution >= 4 is 12.2 Å². The van der Waals surface area contributed by atoms with Crippen LogP contribution in [0, 0.1) is 0 Å². The van der Waals surface area contributed by atoms with Gasteiger partial charge in [0.15, 0.2) is 0 Å². The number of amides is 2. The first-order chi connectivity index (χ1) is 9.39. The number of ether oxygens (including phenoxy) is 2. The van der Waals surface area contributed by atoms with Gasteiger partial charge in [-0.3, -0.25) is 9.80 Å². The average Bonchev–Trinajstić information content (AvgIpc) is 2.23. The Morgan fingerprint density at radius 2 is 1.43 bits per heavy atom. The fraction of sp³-hybridized carbons (Fsp3) is 0.733. The molecule has 0 aromatic carbocycles. The Kier molecular flexibility index (Phi) is 4.91. The molecule has 0 bridgehead atoms. The van der Waals surface area contributed by atoms with E-state index < -0.39 is 23.4 Å². The van der Waals surface area contributed by atoms with Crippen molar-refractivity contribution in [1.29, 1.82) is 0 Å². The molecule has 21 heavy (non-hydrogen) atoms. The molecule has 2 amide bonds. The van der Waals surface area contributed by atoms with E-state index in [4.69, 9.17) is 9.47 Å². The summed E-state index contributed by atoms with van der Waals surface area (Å²) in [4.78, 5) is 27.0. The molecule has 0 N–H and O–H groups in total. The normalized spacial score (nSPS) is 19.5. The summed E-state index contributed by atoms with van der Waals surface area (Å²) in [7, 11) is 0. The van der Waals surface area contributed by atoms with Gasteiger partial charge in [0.05, 0.1) is 6.04 Å². The molecule has 1 unspecified atom stereocenters. The second-order valence-corrected chi connectivity index (χ2v) is 7.17. The van der Waals surface area contributed by atoms with Crippen molar-refractivity contribution in [3.63, 3.8) is 0 Å². The lowest BCUT2D eigenvalue weighted by Crippen LogP contribution is -2.48. The average molecular weight is 298 g/mol. The molecule has 6 nitrogen and oxygen atoms in total. The van der Waals surface area contributed by atoms with E-state index in [1.165, 1.54) is 16.0 Å². The van der Waals surface area contributed by atoms with Gasteiger partial charge in [0.1, 0.15) is 11.2 Å². The highest BCUT2D eigenvalue weighted by Crippen LogP contribution is 2.18. The van der Waals surface area contributed by atoms with Crippen molar-refractivity contribution in [3.8, 4) is 0 Å². The summed E-state index contributed by atoms with van der Waals surface area (Å²) in [5.41, 5.74) is -1.09. The molecular weight excluding hydrogens is 272 g/mol. The van der Waals surface area contributed by atoms with Crippen molar-refractivity contribution in [2.45, 2.75) is 65.7 Å². The Bertz CT molecular complexity index is 432. The van der Waals surface area contributed by atoms with Gasteiger partial charge < -0.3 is 9.47 Å². The maximum atomic E-state index is 12.0. The third kappa shape index (κ3) is 5.65. The zero-order valence-electron chi connectivity index (χ0n) is 14.0. The predicted octanol–water partition coefficient (Wildman–Crippen LogP) is 3.33. The topological polar surface area (TPSA) is 59.1 Å². The first-order valence-corrected chi connectivity index (χ1v) is 7.08. The summed E-state index contributed by atoms with van der Waals surface area (Å²) in [6, 6.07) is -0.183. The molecule has 0 fully saturated rings. The molecule has 120 valence electrons. The van der Waals surface area contributed by atoms with Gasteiger partial charge >= 0.3 is 12.2 Å². The number of nitrogens with zero attached hydrogens (tertiary/aromatic N) is 2. The van der Waals surface area contributed by atoms with Gasteiger partial charge in [-0.25, -0.2) is 9.59 Å². The molecule has 1 aliphatic rings. The quantitative estimate of drug-likeness (QED) is 0.688. The van der Waals surface area contributed by atoms with Gasteiger partial charge in [-0.1, -0.05) is 0 Å². The second kappa shape index (κ2) is 5.95. The Morgan fingerprint density at radius 1 is 0.952 bits per heavy atom. The van der Waals surface area contributed by atoms with E-state index in [9.17, 15) is 9.59 Å². The van der Waals surface area contributed by atoms with Crippen LogP contribution in [0.25, 0.3) is 0 Å². The molecule has 1 atom stereocenters. The van der Waals surface area contributed by atoms with E-state index >= 15 is 0 Å². The van der Waals surface area contributed by atoms with Crippen molar-refractivity contribution in [3.05, 3.63) is 12.4 Å². The lowest BCUT2D eigenvalue weighted by molar-refractivity contribution is 0.0132. The van der Waals surface area contributed by atoms with Gasteiger partial charge in [0.25, 0.3) is 0 Å². The Balaban J connectivity index is 2.71. The van der Waals surface area contributed by atoms with Crippen LogP contribution in [-0.4, -0.2) is 45.8 Å². The molecule has 0 saturated carbocycles. The molecule has 0 aromatic rings. The Labute approximate surface area is 126 Å². The largest absolute Gasteiger partial charge is 0.443 e. The monoisotopic (exact) mass is 298 g/mol. The van der Waals surface area contributed by atoms with Crippen LogP contribution in [0.15, 0.2) is 12.4 Å². The van der Waals surface area contributed by atoms with Crippen molar-refractivity contribution in [1.82, 2.24) is 9.80 Å². The number of carbonyl (C=O) groups is 2.